The van der Waals surface area contributed by atoms with Crippen molar-refractivity contribution in [2.75, 3.05) is 11.9 Å². The first-order chi connectivity index (χ1) is 15.3. The quantitative estimate of drug-likeness (QED) is 0.551. The predicted octanol–water partition coefficient (Wildman–Crippen LogP) is 4.84. The lowest BCUT2D eigenvalue weighted by Crippen LogP contribution is -2.23. The van der Waals surface area contributed by atoms with Crippen molar-refractivity contribution in [3.8, 4) is 0 Å². The maximum atomic E-state index is 13.0. The molecular formula is C23H22F3N3O3. The van der Waals surface area contributed by atoms with Crippen LogP contribution in [-0.4, -0.2) is 33.5 Å². The number of anilines is 1. The fourth-order valence-corrected chi connectivity index (χ4v) is 4.24. The molecule has 1 saturated carbocycles. The molecular weight excluding hydrogens is 423 g/mol. The SMILES string of the molecule is O=Cc1ccc2c(c1)nc(NC(=O)c1cccc(C(F)(F)F)c1)n2C1CCC(CO)CC1. The summed E-state index contributed by atoms with van der Waals surface area (Å²) in [6.45, 7) is 0.124. The lowest BCUT2D eigenvalue weighted by Gasteiger charge is -2.29. The molecule has 0 aliphatic heterocycles. The van der Waals surface area contributed by atoms with Crippen LogP contribution >= 0.6 is 0 Å². The number of aldehydes is 1. The van der Waals surface area contributed by atoms with Gasteiger partial charge in [-0.2, -0.15) is 13.2 Å². The van der Waals surface area contributed by atoms with Crippen LogP contribution in [0.4, 0.5) is 19.1 Å². The van der Waals surface area contributed by atoms with Crippen LogP contribution in [0.5, 0.6) is 0 Å². The van der Waals surface area contributed by atoms with E-state index in [-0.39, 0.29) is 30.1 Å². The number of nitrogens with one attached hydrogen (secondary N) is 1. The van der Waals surface area contributed by atoms with E-state index in [0.29, 0.717) is 17.4 Å². The second-order valence-electron chi connectivity index (χ2n) is 8.06. The minimum absolute atomic E-state index is 0.00157. The van der Waals surface area contributed by atoms with Gasteiger partial charge in [0.1, 0.15) is 6.29 Å². The van der Waals surface area contributed by atoms with E-state index < -0.39 is 17.6 Å². The molecule has 1 heterocycles. The number of aliphatic hydroxyl groups is 1. The number of amides is 1. The summed E-state index contributed by atoms with van der Waals surface area (Å²) in [6.07, 6.45) is -0.703. The van der Waals surface area contributed by atoms with E-state index in [1.54, 1.807) is 18.2 Å². The van der Waals surface area contributed by atoms with Gasteiger partial charge in [-0.1, -0.05) is 6.07 Å². The molecule has 1 fully saturated rings. The van der Waals surface area contributed by atoms with E-state index in [1.165, 1.54) is 12.1 Å². The molecule has 168 valence electrons. The van der Waals surface area contributed by atoms with Gasteiger partial charge in [0.05, 0.1) is 16.6 Å². The molecule has 0 spiro atoms. The summed E-state index contributed by atoms with van der Waals surface area (Å²) in [4.78, 5) is 28.4. The van der Waals surface area contributed by atoms with Gasteiger partial charge < -0.3 is 9.67 Å². The molecule has 1 amide bonds. The number of rotatable bonds is 5. The van der Waals surface area contributed by atoms with E-state index in [4.69, 9.17) is 0 Å². The van der Waals surface area contributed by atoms with Crippen LogP contribution in [-0.2, 0) is 6.18 Å². The Labute approximate surface area is 182 Å². The number of fused-ring (bicyclic) bond motifs is 1. The van der Waals surface area contributed by atoms with Gasteiger partial charge in [0.15, 0.2) is 0 Å². The third-order valence-corrected chi connectivity index (χ3v) is 5.97. The monoisotopic (exact) mass is 445 g/mol. The number of carbonyl (C=O) groups is 2. The Kier molecular flexibility index (Phi) is 6.01. The minimum Gasteiger partial charge on any atom is -0.396 e. The molecule has 2 N–H and O–H groups in total. The van der Waals surface area contributed by atoms with Crippen LogP contribution in [0.2, 0.25) is 0 Å². The summed E-state index contributed by atoms with van der Waals surface area (Å²) >= 11 is 0. The zero-order valence-corrected chi connectivity index (χ0v) is 17.1. The van der Waals surface area contributed by atoms with Gasteiger partial charge >= 0.3 is 6.18 Å². The molecule has 0 bridgehead atoms. The first-order valence-corrected chi connectivity index (χ1v) is 10.4. The van der Waals surface area contributed by atoms with Crippen molar-refractivity contribution in [1.29, 1.82) is 0 Å². The molecule has 2 aromatic carbocycles. The predicted molar refractivity (Wildman–Crippen MR) is 113 cm³/mol. The summed E-state index contributed by atoms with van der Waals surface area (Å²) in [5.41, 5.74) is 0.634. The lowest BCUT2D eigenvalue weighted by molar-refractivity contribution is -0.137. The Bertz CT molecular complexity index is 1150. The number of hydrogen-bond donors (Lipinski definition) is 2. The number of aromatic nitrogens is 2. The highest BCUT2D eigenvalue weighted by Gasteiger charge is 2.31. The third-order valence-electron chi connectivity index (χ3n) is 5.97. The molecule has 9 heteroatoms. The first-order valence-electron chi connectivity index (χ1n) is 10.4. The molecule has 1 aromatic heterocycles. The van der Waals surface area contributed by atoms with Gasteiger partial charge in [-0.25, -0.2) is 4.98 Å². The Balaban J connectivity index is 1.70. The van der Waals surface area contributed by atoms with Gasteiger partial charge in [0.2, 0.25) is 5.95 Å². The summed E-state index contributed by atoms with van der Waals surface area (Å²) in [5, 5.41) is 12.1. The average Bonchev–Trinajstić information content (AvgIpc) is 3.15. The maximum Gasteiger partial charge on any atom is 0.416 e. The van der Waals surface area contributed by atoms with E-state index >= 15 is 0 Å². The molecule has 1 aliphatic carbocycles. The number of imidazole rings is 1. The normalized spacial score (nSPS) is 19.1. The number of carbonyl (C=O) groups excluding carboxylic acids is 2. The average molecular weight is 445 g/mol. The highest BCUT2D eigenvalue weighted by molar-refractivity contribution is 6.04. The van der Waals surface area contributed by atoms with Crippen LogP contribution < -0.4 is 5.32 Å². The van der Waals surface area contributed by atoms with Gasteiger partial charge in [0.25, 0.3) is 5.91 Å². The number of halogens is 3. The number of nitrogens with zero attached hydrogens (tertiary/aromatic N) is 2. The van der Waals surface area contributed by atoms with Crippen molar-refractivity contribution in [2.24, 2.45) is 5.92 Å². The summed E-state index contributed by atoms with van der Waals surface area (Å²) in [5.74, 6) is -0.254. The van der Waals surface area contributed by atoms with Crippen LogP contribution in [0, 0.1) is 5.92 Å². The van der Waals surface area contributed by atoms with Crippen molar-refractivity contribution in [3.05, 3.63) is 59.2 Å². The topological polar surface area (TPSA) is 84.2 Å². The highest BCUT2D eigenvalue weighted by atomic mass is 19.4. The smallest absolute Gasteiger partial charge is 0.396 e. The molecule has 6 nitrogen and oxygen atoms in total. The van der Waals surface area contributed by atoms with Gasteiger partial charge in [-0.15, -0.1) is 0 Å². The zero-order chi connectivity index (χ0) is 22.9. The maximum absolute atomic E-state index is 13.0. The van der Waals surface area contributed by atoms with Crippen LogP contribution in [0.15, 0.2) is 42.5 Å². The van der Waals surface area contributed by atoms with Crippen molar-refractivity contribution >= 4 is 29.2 Å². The zero-order valence-electron chi connectivity index (χ0n) is 17.1. The van der Waals surface area contributed by atoms with Gasteiger partial charge in [0, 0.05) is 23.8 Å². The molecule has 4 rings (SSSR count). The molecule has 0 unspecified atom stereocenters. The third kappa shape index (κ3) is 4.38. The van der Waals surface area contributed by atoms with Crippen molar-refractivity contribution < 1.29 is 27.9 Å². The molecule has 32 heavy (non-hydrogen) atoms. The van der Waals surface area contributed by atoms with Gasteiger partial charge in [-0.3, -0.25) is 14.9 Å². The Morgan fingerprint density at radius 2 is 1.91 bits per heavy atom. The molecule has 0 atom stereocenters. The van der Waals surface area contributed by atoms with Crippen molar-refractivity contribution in [2.45, 2.75) is 37.9 Å². The van der Waals surface area contributed by atoms with Crippen LogP contribution in [0.3, 0.4) is 0 Å². The molecule has 0 saturated heterocycles. The fourth-order valence-electron chi connectivity index (χ4n) is 4.24. The van der Waals surface area contributed by atoms with E-state index in [9.17, 15) is 27.9 Å². The summed E-state index contributed by atoms with van der Waals surface area (Å²) in [7, 11) is 0. The standard InChI is InChI=1S/C23H22F3N3O3/c24-23(25,26)17-3-1-2-16(11-17)21(32)28-22-27-19-10-15(13-31)6-9-20(19)29(22)18-7-4-14(12-30)5-8-18/h1-3,6,9-11,13-14,18,30H,4-5,7-8,12H2,(H,27,28,32). The second-order valence-corrected chi connectivity index (χ2v) is 8.06. The fraction of sp³-hybridized carbons (Fsp3) is 0.348. The number of benzene rings is 2. The molecule has 1 aliphatic rings. The Hall–Kier alpha value is -3.20. The van der Waals surface area contributed by atoms with Crippen molar-refractivity contribution in [1.82, 2.24) is 9.55 Å². The van der Waals surface area contributed by atoms with Crippen LogP contribution in [0.1, 0.15) is 58.0 Å². The molecule has 0 radical (unpaired) electrons. The van der Waals surface area contributed by atoms with Gasteiger partial charge in [-0.05, 0) is 68.0 Å². The minimum atomic E-state index is -4.56. The highest BCUT2D eigenvalue weighted by Crippen LogP contribution is 2.37. The molecule has 3 aromatic rings. The van der Waals surface area contributed by atoms with E-state index in [0.717, 1.165) is 43.3 Å². The van der Waals surface area contributed by atoms with E-state index in [2.05, 4.69) is 10.3 Å². The Morgan fingerprint density at radius 3 is 2.56 bits per heavy atom. The van der Waals surface area contributed by atoms with E-state index in [1.807, 2.05) is 4.57 Å². The van der Waals surface area contributed by atoms with Crippen molar-refractivity contribution in [3.63, 3.8) is 0 Å². The largest absolute Gasteiger partial charge is 0.416 e. The Morgan fingerprint density at radius 1 is 1.16 bits per heavy atom. The number of hydrogen-bond acceptors (Lipinski definition) is 4. The number of aliphatic hydroxyl groups excluding tert-OH is 1. The number of alkyl halides is 3. The summed E-state index contributed by atoms with van der Waals surface area (Å²) < 4.78 is 41.0. The summed E-state index contributed by atoms with van der Waals surface area (Å²) in [6, 6.07) is 9.24. The second kappa shape index (κ2) is 8.74. The first kappa shape index (κ1) is 22.0. The van der Waals surface area contributed by atoms with Crippen LogP contribution in [0.25, 0.3) is 11.0 Å². The lowest BCUT2D eigenvalue weighted by atomic mass is 9.86.